The van der Waals surface area contributed by atoms with Crippen molar-refractivity contribution in [1.29, 1.82) is 0 Å². The van der Waals surface area contributed by atoms with Gasteiger partial charge in [0.2, 0.25) is 0 Å². The van der Waals surface area contributed by atoms with Gasteiger partial charge in [-0.15, -0.1) is 5.10 Å². The molecule has 15 heavy (non-hydrogen) atoms. The number of aryl methyl sites for hydroxylation is 1. The van der Waals surface area contributed by atoms with Gasteiger partial charge in [0.05, 0.1) is 11.4 Å². The maximum atomic E-state index is 5.74. The first kappa shape index (κ1) is 10.6. The monoisotopic (exact) mass is 208 g/mol. The molecule has 2 rings (SSSR count). The Morgan fingerprint density at radius 3 is 2.53 bits per heavy atom. The van der Waals surface area contributed by atoms with Gasteiger partial charge >= 0.3 is 0 Å². The smallest absolute Gasteiger partial charge is 0.0903 e. The molecular formula is C11H20N4. The number of hydrogen-bond acceptors (Lipinski definition) is 3. The van der Waals surface area contributed by atoms with Crippen molar-refractivity contribution in [3.05, 3.63) is 11.4 Å². The third kappa shape index (κ3) is 2.20. The van der Waals surface area contributed by atoms with Crippen LogP contribution in [0.2, 0.25) is 0 Å². The molecule has 1 aromatic rings. The molecule has 0 saturated heterocycles. The quantitative estimate of drug-likeness (QED) is 0.753. The van der Waals surface area contributed by atoms with E-state index in [9.17, 15) is 0 Å². The van der Waals surface area contributed by atoms with E-state index in [0.717, 1.165) is 11.4 Å². The van der Waals surface area contributed by atoms with E-state index in [4.69, 9.17) is 5.73 Å². The molecule has 0 atom stereocenters. The first-order valence-electron chi connectivity index (χ1n) is 5.91. The molecule has 0 unspecified atom stereocenters. The first-order valence-corrected chi connectivity index (χ1v) is 5.91. The average molecular weight is 208 g/mol. The first-order chi connectivity index (χ1) is 7.33. The minimum atomic E-state index is 0.551. The highest BCUT2D eigenvalue weighted by Crippen LogP contribution is 2.31. The number of nitrogens with zero attached hydrogens (tertiary/aromatic N) is 3. The number of rotatable bonds is 2. The molecule has 1 aliphatic carbocycles. The van der Waals surface area contributed by atoms with E-state index in [-0.39, 0.29) is 0 Å². The van der Waals surface area contributed by atoms with Crippen molar-refractivity contribution in [3.63, 3.8) is 0 Å². The Kier molecular flexibility index (Phi) is 3.36. The molecule has 2 N–H and O–H groups in total. The number of aromatic nitrogens is 3. The predicted octanol–water partition coefficient (Wildman–Crippen LogP) is 1.71. The molecule has 4 heteroatoms. The van der Waals surface area contributed by atoms with Crippen molar-refractivity contribution < 1.29 is 0 Å². The van der Waals surface area contributed by atoms with Crippen molar-refractivity contribution in [3.8, 4) is 0 Å². The summed E-state index contributed by atoms with van der Waals surface area (Å²) in [4.78, 5) is 0. The molecule has 1 aliphatic rings. The van der Waals surface area contributed by atoms with Crippen molar-refractivity contribution in [2.75, 3.05) is 0 Å². The lowest BCUT2D eigenvalue weighted by Crippen LogP contribution is -2.09. The third-order valence-corrected chi connectivity index (χ3v) is 3.41. The van der Waals surface area contributed by atoms with Gasteiger partial charge in [0, 0.05) is 19.5 Å². The highest BCUT2D eigenvalue weighted by atomic mass is 15.4. The SMILES string of the molecule is Cn1nnc(C2CCCCCC2)c1CN. The summed E-state index contributed by atoms with van der Waals surface area (Å²) in [6, 6.07) is 0. The lowest BCUT2D eigenvalue weighted by Gasteiger charge is -2.12. The Bertz CT molecular complexity index is 310. The summed E-state index contributed by atoms with van der Waals surface area (Å²) in [5, 5.41) is 8.36. The number of hydrogen-bond donors (Lipinski definition) is 1. The zero-order chi connectivity index (χ0) is 10.7. The van der Waals surface area contributed by atoms with E-state index in [1.165, 1.54) is 38.5 Å². The van der Waals surface area contributed by atoms with E-state index in [2.05, 4.69) is 10.3 Å². The summed E-state index contributed by atoms with van der Waals surface area (Å²) in [6.45, 7) is 0.551. The lowest BCUT2D eigenvalue weighted by molar-refractivity contribution is 0.571. The van der Waals surface area contributed by atoms with E-state index >= 15 is 0 Å². The Hall–Kier alpha value is -0.900. The van der Waals surface area contributed by atoms with E-state index in [1.807, 2.05) is 11.7 Å². The van der Waals surface area contributed by atoms with Crippen LogP contribution in [0.25, 0.3) is 0 Å². The van der Waals surface area contributed by atoms with Gasteiger partial charge in [0.1, 0.15) is 0 Å². The zero-order valence-electron chi connectivity index (χ0n) is 9.45. The van der Waals surface area contributed by atoms with Gasteiger partial charge in [-0.3, -0.25) is 4.68 Å². The van der Waals surface area contributed by atoms with Gasteiger partial charge in [-0.1, -0.05) is 30.9 Å². The van der Waals surface area contributed by atoms with Crippen molar-refractivity contribution in [2.24, 2.45) is 12.8 Å². The molecule has 0 bridgehead atoms. The van der Waals surface area contributed by atoms with Crippen LogP contribution in [-0.2, 0) is 13.6 Å². The van der Waals surface area contributed by atoms with Crippen LogP contribution in [0.3, 0.4) is 0 Å². The Morgan fingerprint density at radius 1 is 1.27 bits per heavy atom. The average Bonchev–Trinajstić information content (AvgIpc) is 2.48. The number of nitrogens with two attached hydrogens (primary N) is 1. The van der Waals surface area contributed by atoms with Crippen LogP contribution in [0.4, 0.5) is 0 Å². The standard InChI is InChI=1S/C11H20N4/c1-15-10(8-12)11(13-14-15)9-6-4-2-3-5-7-9/h9H,2-8,12H2,1H3. The second-order valence-corrected chi connectivity index (χ2v) is 4.44. The summed E-state index contributed by atoms with van der Waals surface area (Å²) in [5.41, 5.74) is 8.01. The molecule has 1 fully saturated rings. The van der Waals surface area contributed by atoms with Gasteiger partial charge in [-0.05, 0) is 12.8 Å². The normalized spacial score (nSPS) is 19.1. The van der Waals surface area contributed by atoms with Crippen LogP contribution in [0.1, 0.15) is 55.8 Å². The molecule has 0 aromatic carbocycles. The highest BCUT2D eigenvalue weighted by Gasteiger charge is 2.21. The second kappa shape index (κ2) is 4.75. The zero-order valence-corrected chi connectivity index (χ0v) is 9.45. The fraction of sp³-hybridized carbons (Fsp3) is 0.818. The van der Waals surface area contributed by atoms with Crippen LogP contribution >= 0.6 is 0 Å². The molecule has 84 valence electrons. The maximum Gasteiger partial charge on any atom is 0.0903 e. The Labute approximate surface area is 90.8 Å². The summed E-state index contributed by atoms with van der Waals surface area (Å²) < 4.78 is 1.82. The van der Waals surface area contributed by atoms with Crippen LogP contribution in [0.15, 0.2) is 0 Å². The maximum absolute atomic E-state index is 5.74. The second-order valence-electron chi connectivity index (χ2n) is 4.44. The molecular weight excluding hydrogens is 188 g/mol. The van der Waals surface area contributed by atoms with Crippen LogP contribution < -0.4 is 5.73 Å². The molecule has 1 heterocycles. The summed E-state index contributed by atoms with van der Waals surface area (Å²) >= 11 is 0. The van der Waals surface area contributed by atoms with Crippen molar-refractivity contribution >= 4 is 0 Å². The van der Waals surface area contributed by atoms with E-state index in [0.29, 0.717) is 12.5 Å². The van der Waals surface area contributed by atoms with Gasteiger partial charge < -0.3 is 5.73 Å². The summed E-state index contributed by atoms with van der Waals surface area (Å²) in [5.74, 6) is 0.597. The minimum absolute atomic E-state index is 0.551. The van der Waals surface area contributed by atoms with Crippen molar-refractivity contribution in [1.82, 2.24) is 15.0 Å². The predicted molar refractivity (Wildman–Crippen MR) is 59.3 cm³/mol. The summed E-state index contributed by atoms with van der Waals surface area (Å²) in [7, 11) is 1.93. The Balaban J connectivity index is 2.19. The van der Waals surface area contributed by atoms with Crippen LogP contribution in [0, 0.1) is 0 Å². The van der Waals surface area contributed by atoms with Gasteiger partial charge in [-0.2, -0.15) is 0 Å². The fourth-order valence-corrected chi connectivity index (χ4v) is 2.50. The lowest BCUT2D eigenvalue weighted by atomic mass is 9.95. The minimum Gasteiger partial charge on any atom is -0.325 e. The van der Waals surface area contributed by atoms with Crippen LogP contribution in [0.5, 0.6) is 0 Å². The van der Waals surface area contributed by atoms with Crippen molar-refractivity contribution in [2.45, 2.75) is 51.0 Å². The molecule has 0 radical (unpaired) electrons. The van der Waals surface area contributed by atoms with E-state index in [1.54, 1.807) is 0 Å². The summed E-state index contributed by atoms with van der Waals surface area (Å²) in [6.07, 6.45) is 7.90. The Morgan fingerprint density at radius 2 is 1.93 bits per heavy atom. The topological polar surface area (TPSA) is 56.7 Å². The molecule has 0 spiro atoms. The molecule has 1 saturated carbocycles. The third-order valence-electron chi connectivity index (χ3n) is 3.41. The van der Waals surface area contributed by atoms with Gasteiger partial charge in [0.15, 0.2) is 0 Å². The molecule has 0 aliphatic heterocycles. The molecule has 0 amide bonds. The van der Waals surface area contributed by atoms with E-state index < -0.39 is 0 Å². The van der Waals surface area contributed by atoms with Gasteiger partial charge in [-0.25, -0.2) is 0 Å². The highest BCUT2D eigenvalue weighted by molar-refractivity contribution is 5.15. The molecule has 4 nitrogen and oxygen atoms in total. The molecule has 1 aromatic heterocycles. The van der Waals surface area contributed by atoms with Crippen LogP contribution in [-0.4, -0.2) is 15.0 Å². The largest absolute Gasteiger partial charge is 0.325 e. The fourth-order valence-electron chi connectivity index (χ4n) is 2.50. The van der Waals surface area contributed by atoms with Gasteiger partial charge in [0.25, 0.3) is 0 Å².